The summed E-state index contributed by atoms with van der Waals surface area (Å²) in [6, 6.07) is 16.0. The first kappa shape index (κ1) is 17.2. The largest absolute Gasteiger partial charge is 0.553 e. The minimum Gasteiger partial charge on any atom is -0.418 e. The molecular weight excluding hydrogens is 345 g/mol. The zero-order valence-corrected chi connectivity index (χ0v) is 15.1. The zero-order valence-electron chi connectivity index (χ0n) is 15.1. The third-order valence-corrected chi connectivity index (χ3v) is 4.79. The van der Waals surface area contributed by atoms with Gasteiger partial charge in [-0.3, -0.25) is 0 Å². The van der Waals surface area contributed by atoms with Crippen LogP contribution < -0.4 is 0 Å². The number of aliphatic imine (C=N–C) groups is 1. The molecule has 0 fully saturated rings. The lowest BCUT2D eigenvalue weighted by molar-refractivity contribution is -0.821. The third kappa shape index (κ3) is 2.49. The maximum Gasteiger partial charge on any atom is 0.553 e. The van der Waals surface area contributed by atoms with Crippen molar-refractivity contribution in [2.75, 3.05) is 13.7 Å². The van der Waals surface area contributed by atoms with Crippen molar-refractivity contribution in [3.63, 3.8) is 0 Å². The van der Waals surface area contributed by atoms with E-state index in [1.54, 1.807) is 31.5 Å². The van der Waals surface area contributed by atoms with E-state index in [-0.39, 0.29) is 17.0 Å². The number of quaternary nitrogens is 1. The quantitative estimate of drug-likeness (QED) is 0.758. The van der Waals surface area contributed by atoms with E-state index in [0.29, 0.717) is 5.84 Å². The van der Waals surface area contributed by atoms with Crippen LogP contribution >= 0.6 is 0 Å². The van der Waals surface area contributed by atoms with E-state index in [0.717, 1.165) is 22.4 Å². The van der Waals surface area contributed by atoms with Crippen molar-refractivity contribution in [2.24, 2.45) is 4.99 Å². The van der Waals surface area contributed by atoms with E-state index in [9.17, 15) is 9.18 Å². The molecule has 2 aromatic carbocycles. The minimum atomic E-state index is -0.432. The van der Waals surface area contributed by atoms with Crippen LogP contribution in [0.4, 0.5) is 9.18 Å². The smallest absolute Gasteiger partial charge is 0.418 e. The van der Waals surface area contributed by atoms with Crippen LogP contribution in [-0.4, -0.2) is 35.2 Å². The van der Waals surface area contributed by atoms with E-state index < -0.39 is 6.09 Å². The third-order valence-electron chi connectivity index (χ3n) is 4.79. The Hall–Kier alpha value is -3.25. The molecule has 136 valence electrons. The Morgan fingerprint density at radius 1 is 1.11 bits per heavy atom. The number of hydrogen-bond donors (Lipinski definition) is 0. The first-order valence-corrected chi connectivity index (χ1v) is 8.72. The van der Waals surface area contributed by atoms with Crippen molar-refractivity contribution in [3.8, 4) is 0 Å². The fourth-order valence-corrected chi connectivity index (χ4v) is 3.56. The van der Waals surface area contributed by atoms with E-state index in [1.165, 1.54) is 12.1 Å². The van der Waals surface area contributed by atoms with E-state index >= 15 is 0 Å². The zero-order chi connectivity index (χ0) is 19.0. The molecule has 27 heavy (non-hydrogen) atoms. The highest BCUT2D eigenvalue weighted by atomic mass is 19.1. The van der Waals surface area contributed by atoms with Crippen LogP contribution in [0.3, 0.4) is 0 Å². The van der Waals surface area contributed by atoms with Crippen molar-refractivity contribution in [1.82, 2.24) is 5.01 Å². The lowest BCUT2D eigenvalue weighted by atomic mass is 9.99. The number of hydrogen-bond acceptors (Lipinski definition) is 4. The van der Waals surface area contributed by atoms with E-state index in [2.05, 4.69) is 4.99 Å². The van der Waals surface area contributed by atoms with E-state index in [4.69, 9.17) is 4.74 Å². The molecule has 0 aliphatic carbocycles. The summed E-state index contributed by atoms with van der Waals surface area (Å²) in [5.74, 6) is 0.259. The summed E-state index contributed by atoms with van der Waals surface area (Å²) < 4.78 is 18.6. The van der Waals surface area contributed by atoms with Gasteiger partial charge in [-0.05, 0) is 41.3 Å². The van der Waals surface area contributed by atoms with Crippen LogP contribution in [0, 0.1) is 5.82 Å². The normalized spacial score (nSPS) is 20.7. The van der Waals surface area contributed by atoms with E-state index in [1.807, 2.05) is 42.4 Å². The molecule has 0 saturated heterocycles. The number of amidine groups is 1. The topological polar surface area (TPSA) is 41.9 Å². The van der Waals surface area contributed by atoms with Crippen molar-refractivity contribution in [1.29, 1.82) is 0 Å². The van der Waals surface area contributed by atoms with Crippen molar-refractivity contribution in [2.45, 2.75) is 6.92 Å². The molecule has 2 heterocycles. The van der Waals surface area contributed by atoms with Crippen LogP contribution in [0.5, 0.6) is 0 Å². The van der Waals surface area contributed by atoms with Crippen LogP contribution in [0.15, 0.2) is 72.0 Å². The molecule has 0 bridgehead atoms. The molecule has 2 aliphatic heterocycles. The van der Waals surface area contributed by atoms with Gasteiger partial charge < -0.3 is 4.74 Å². The summed E-state index contributed by atoms with van der Waals surface area (Å²) in [7, 11) is 1.82. The summed E-state index contributed by atoms with van der Waals surface area (Å²) in [6.45, 7) is 2.04. The monoisotopic (exact) mass is 364 g/mol. The molecule has 1 unspecified atom stereocenters. The highest BCUT2D eigenvalue weighted by molar-refractivity contribution is 6.30. The molecule has 0 N–H and O–H groups in total. The van der Waals surface area contributed by atoms with Crippen LogP contribution in [0.2, 0.25) is 0 Å². The number of halogens is 1. The van der Waals surface area contributed by atoms with Gasteiger partial charge in [0, 0.05) is 5.56 Å². The fourth-order valence-electron chi connectivity index (χ4n) is 3.56. The van der Waals surface area contributed by atoms with Crippen LogP contribution in [0.1, 0.15) is 18.1 Å². The Bertz CT molecular complexity index is 980. The van der Waals surface area contributed by atoms with Gasteiger partial charge in [-0.25, -0.2) is 9.40 Å². The number of carbonyl (C=O) groups is 1. The lowest BCUT2D eigenvalue weighted by Gasteiger charge is -2.31. The molecule has 0 saturated carbocycles. The second-order valence-electron chi connectivity index (χ2n) is 6.26. The van der Waals surface area contributed by atoms with Crippen molar-refractivity contribution < 1.29 is 18.5 Å². The number of fused-ring (bicyclic) bond motifs is 1. The number of benzene rings is 2. The molecule has 0 spiro atoms. The molecule has 2 aromatic rings. The standard InChI is InChI=1S/C21H19FN3O2/c1-3-27-21(26)25-14-13-23-20(25)18(15-7-5-4-6-8-15)19(24(25)2)16-9-11-17(22)12-10-16/h4-14H,3H2,1-2H3/q+1. The minimum absolute atomic E-state index is 0.264. The predicted octanol–water partition coefficient (Wildman–Crippen LogP) is 4.41. The maximum absolute atomic E-state index is 13.5. The Morgan fingerprint density at radius 2 is 1.81 bits per heavy atom. The maximum atomic E-state index is 13.5. The predicted molar refractivity (Wildman–Crippen MR) is 101 cm³/mol. The number of amides is 1. The summed E-state index contributed by atoms with van der Waals surface area (Å²) in [6.07, 6.45) is 2.89. The van der Waals surface area contributed by atoms with Gasteiger partial charge in [0.1, 0.15) is 11.5 Å². The summed E-state index contributed by atoms with van der Waals surface area (Å²) in [5.41, 5.74) is 3.33. The Morgan fingerprint density at radius 3 is 2.48 bits per heavy atom. The highest BCUT2D eigenvalue weighted by Crippen LogP contribution is 2.45. The van der Waals surface area contributed by atoms with Crippen LogP contribution in [-0.2, 0) is 4.74 Å². The molecule has 4 rings (SSSR count). The second kappa shape index (κ2) is 6.48. The van der Waals surface area contributed by atoms with Gasteiger partial charge >= 0.3 is 6.09 Å². The molecular formula is C21H19FN3O2+. The van der Waals surface area contributed by atoms with Gasteiger partial charge in [0.05, 0.1) is 25.4 Å². The molecule has 0 aromatic heterocycles. The fraction of sp³-hybridized carbons (Fsp3) is 0.143. The summed E-state index contributed by atoms with van der Waals surface area (Å²) >= 11 is 0. The second-order valence-corrected chi connectivity index (χ2v) is 6.26. The SMILES string of the molecule is CCOC(=O)[N+]12C=CN=C1C(c1ccccc1)=C(c1ccc(F)cc1)N2C. The Labute approximate surface area is 156 Å². The van der Waals surface area contributed by atoms with Crippen molar-refractivity contribution >= 4 is 23.2 Å². The first-order chi connectivity index (χ1) is 13.1. The van der Waals surface area contributed by atoms with Gasteiger partial charge in [0.2, 0.25) is 0 Å². The lowest BCUT2D eigenvalue weighted by Crippen LogP contribution is -2.56. The first-order valence-electron chi connectivity index (χ1n) is 8.72. The highest BCUT2D eigenvalue weighted by Gasteiger charge is 2.58. The average Bonchev–Trinajstić information content (AvgIpc) is 3.22. The van der Waals surface area contributed by atoms with Gasteiger partial charge in [-0.2, -0.15) is 9.79 Å². The number of nitrogens with zero attached hydrogens (tertiary/aromatic N) is 3. The molecule has 5 nitrogen and oxygen atoms in total. The van der Waals surface area contributed by atoms with Gasteiger partial charge in [0.25, 0.3) is 5.84 Å². The summed E-state index contributed by atoms with van der Waals surface area (Å²) in [4.78, 5) is 17.5. The number of rotatable bonds is 3. The number of carbonyl (C=O) groups excluding carboxylic acids is 1. The molecule has 0 radical (unpaired) electrons. The number of ether oxygens (including phenoxy) is 1. The molecule has 1 amide bonds. The van der Waals surface area contributed by atoms with Gasteiger partial charge in [-0.15, -0.1) is 0 Å². The van der Waals surface area contributed by atoms with Crippen LogP contribution in [0.25, 0.3) is 11.3 Å². The Kier molecular flexibility index (Phi) is 4.12. The van der Waals surface area contributed by atoms with Crippen molar-refractivity contribution in [3.05, 3.63) is 83.9 Å². The summed E-state index contributed by atoms with van der Waals surface area (Å²) in [5, 5.41) is 1.82. The van der Waals surface area contributed by atoms with Gasteiger partial charge in [0.15, 0.2) is 6.20 Å². The molecule has 1 atom stereocenters. The molecule has 6 heteroatoms. The Balaban J connectivity index is 1.96. The molecule has 2 aliphatic rings. The van der Waals surface area contributed by atoms with Gasteiger partial charge in [-0.1, -0.05) is 30.3 Å². The average molecular weight is 364 g/mol.